The molecule has 0 radical (unpaired) electrons. The summed E-state index contributed by atoms with van der Waals surface area (Å²) in [5.74, 6) is 2.89. The maximum Gasteiger partial charge on any atom is 0.341 e. The molecule has 4 rings (SSSR count). The van der Waals surface area contributed by atoms with Crippen molar-refractivity contribution in [2.75, 3.05) is 31.5 Å². The van der Waals surface area contributed by atoms with Crippen LogP contribution >= 0.6 is 0 Å². The van der Waals surface area contributed by atoms with Gasteiger partial charge in [-0.15, -0.1) is 0 Å². The zero-order valence-corrected chi connectivity index (χ0v) is 32.4. The second-order valence-corrected chi connectivity index (χ2v) is 15.3. The Balaban J connectivity index is 0.000000276. The first kappa shape index (κ1) is 41.5. The van der Waals surface area contributed by atoms with Gasteiger partial charge >= 0.3 is 11.9 Å². The summed E-state index contributed by atoms with van der Waals surface area (Å²) in [5.41, 5.74) is 2.23. The summed E-state index contributed by atoms with van der Waals surface area (Å²) < 4.78 is 15.2. The number of methoxy groups -OCH3 is 2. The highest BCUT2D eigenvalue weighted by atomic mass is 16.5. The van der Waals surface area contributed by atoms with Gasteiger partial charge in [0, 0.05) is 29.3 Å². The first-order valence-electron chi connectivity index (χ1n) is 18.9. The number of unbranched alkanes of at least 4 members (excludes halogenated alkanes) is 1. The molecule has 0 spiro atoms. The number of amides is 2. The first-order valence-corrected chi connectivity index (χ1v) is 18.9. The molecule has 282 valence electrons. The van der Waals surface area contributed by atoms with E-state index in [0.29, 0.717) is 64.7 Å². The third kappa shape index (κ3) is 12.1. The van der Waals surface area contributed by atoms with E-state index >= 15 is 0 Å². The van der Waals surface area contributed by atoms with Crippen molar-refractivity contribution < 1.29 is 33.4 Å². The summed E-state index contributed by atoms with van der Waals surface area (Å²) in [6.45, 7) is 15.7. The molecule has 0 heterocycles. The molecule has 2 aromatic carbocycles. The lowest BCUT2D eigenvalue weighted by atomic mass is 9.70. The van der Waals surface area contributed by atoms with E-state index in [0.717, 1.165) is 44.2 Å². The van der Waals surface area contributed by atoms with Gasteiger partial charge in [-0.05, 0) is 104 Å². The van der Waals surface area contributed by atoms with Gasteiger partial charge in [-0.1, -0.05) is 67.7 Å². The molecular weight excluding hydrogens is 644 g/mol. The molecule has 2 N–H and O–H groups in total. The summed E-state index contributed by atoms with van der Waals surface area (Å²) in [5, 5.41) is 6.05. The fourth-order valence-corrected chi connectivity index (χ4v) is 7.61. The van der Waals surface area contributed by atoms with Crippen molar-refractivity contribution in [3.05, 3.63) is 53.6 Å². The van der Waals surface area contributed by atoms with Crippen molar-refractivity contribution in [3.63, 3.8) is 0 Å². The van der Waals surface area contributed by atoms with Gasteiger partial charge in [0.05, 0.1) is 26.4 Å². The Morgan fingerprint density at radius 3 is 1.71 bits per heavy atom. The number of hydrogen-bond donors (Lipinski definition) is 2. The average molecular weight is 707 g/mol. The van der Waals surface area contributed by atoms with Crippen molar-refractivity contribution >= 4 is 35.1 Å². The van der Waals surface area contributed by atoms with Gasteiger partial charge in [-0.25, -0.2) is 9.59 Å². The molecule has 2 amide bonds. The number of anilines is 2. The molecule has 0 aliphatic heterocycles. The maximum atomic E-state index is 12.9. The lowest BCUT2D eigenvalue weighted by Crippen LogP contribution is -2.36. The minimum atomic E-state index is -0.462. The fraction of sp³-hybridized carbons (Fsp3) is 0.619. The Morgan fingerprint density at radius 1 is 0.725 bits per heavy atom. The molecule has 0 unspecified atom stereocenters. The van der Waals surface area contributed by atoms with Gasteiger partial charge < -0.3 is 24.8 Å². The Bertz CT molecular complexity index is 1440. The van der Waals surface area contributed by atoms with E-state index in [1.807, 2.05) is 0 Å². The van der Waals surface area contributed by atoms with Crippen molar-refractivity contribution in [1.29, 1.82) is 0 Å². The summed E-state index contributed by atoms with van der Waals surface area (Å²) >= 11 is 0. The number of hydrogen-bond acceptors (Lipinski definition) is 7. The fourth-order valence-electron chi connectivity index (χ4n) is 7.61. The van der Waals surface area contributed by atoms with Gasteiger partial charge in [-0.2, -0.15) is 0 Å². The van der Waals surface area contributed by atoms with E-state index in [1.165, 1.54) is 27.1 Å². The molecular formula is C42H62N2O7. The standard InChI is InChI=1S/C22H33NO3.C20H29NO4/c1-5-6-13-26-22(25)17-8-10-18(11-9-17)23-21(24)20-14-16(4)7-12-19(20)15(2)3;1-12(2)15-8-6-13(3)10-17(15)19(22)21-14-7-9-16(20(23)25-5)18(11-14)24-4/h8-11,15-16,19-20H,5-7,12-14H2,1-4H3,(H,23,24);7,9,11-13,15,17H,6,8,10H2,1-5H3,(H,21,22)/t16-,19+,20-;13-,15+,17-/m11/s1. The van der Waals surface area contributed by atoms with Crippen LogP contribution in [0, 0.1) is 47.3 Å². The van der Waals surface area contributed by atoms with E-state index in [1.54, 1.807) is 42.5 Å². The normalized spacial score (nSPS) is 23.0. The van der Waals surface area contributed by atoms with E-state index in [-0.39, 0.29) is 29.6 Å². The Morgan fingerprint density at radius 2 is 1.24 bits per heavy atom. The topological polar surface area (TPSA) is 120 Å². The molecule has 0 bridgehead atoms. The number of carbonyl (C=O) groups excluding carboxylic acids is 4. The molecule has 51 heavy (non-hydrogen) atoms. The third-order valence-corrected chi connectivity index (χ3v) is 10.7. The lowest BCUT2D eigenvalue weighted by molar-refractivity contribution is -0.124. The van der Waals surface area contributed by atoms with Crippen LogP contribution in [0.5, 0.6) is 5.75 Å². The molecule has 0 aromatic heterocycles. The Kier molecular flexibility index (Phi) is 16.5. The van der Waals surface area contributed by atoms with Crippen LogP contribution in [-0.4, -0.2) is 44.6 Å². The highest BCUT2D eigenvalue weighted by molar-refractivity contribution is 5.96. The predicted molar refractivity (Wildman–Crippen MR) is 203 cm³/mol. The Labute approximate surface area is 306 Å². The van der Waals surface area contributed by atoms with E-state index in [9.17, 15) is 19.2 Å². The van der Waals surface area contributed by atoms with E-state index in [4.69, 9.17) is 14.2 Å². The zero-order valence-electron chi connectivity index (χ0n) is 32.4. The van der Waals surface area contributed by atoms with Gasteiger partial charge in [0.15, 0.2) is 0 Å². The highest BCUT2D eigenvalue weighted by Gasteiger charge is 2.36. The molecule has 0 saturated heterocycles. The van der Waals surface area contributed by atoms with Gasteiger partial charge in [0.2, 0.25) is 11.8 Å². The van der Waals surface area contributed by atoms with Crippen LogP contribution < -0.4 is 15.4 Å². The van der Waals surface area contributed by atoms with Crippen LogP contribution in [0.2, 0.25) is 0 Å². The van der Waals surface area contributed by atoms with Crippen molar-refractivity contribution in [2.24, 2.45) is 47.3 Å². The van der Waals surface area contributed by atoms with Gasteiger partial charge in [0.1, 0.15) is 11.3 Å². The van der Waals surface area contributed by atoms with Crippen LogP contribution in [0.15, 0.2) is 42.5 Å². The monoisotopic (exact) mass is 706 g/mol. The zero-order chi connectivity index (χ0) is 37.7. The molecule has 2 saturated carbocycles. The van der Waals surface area contributed by atoms with E-state index in [2.05, 4.69) is 59.1 Å². The summed E-state index contributed by atoms with van der Waals surface area (Å²) in [7, 11) is 2.82. The van der Waals surface area contributed by atoms with Crippen LogP contribution in [-0.2, 0) is 19.1 Å². The summed E-state index contributed by atoms with van der Waals surface area (Å²) in [6.07, 6.45) is 8.37. The molecule has 2 aromatic rings. The minimum absolute atomic E-state index is 0.0232. The number of benzene rings is 2. The quantitative estimate of drug-likeness (QED) is 0.167. The van der Waals surface area contributed by atoms with Gasteiger partial charge in [-0.3, -0.25) is 9.59 Å². The lowest BCUT2D eigenvalue weighted by Gasteiger charge is -2.36. The number of esters is 2. The summed E-state index contributed by atoms with van der Waals surface area (Å²) in [4.78, 5) is 49.4. The second kappa shape index (κ2) is 20.2. The van der Waals surface area contributed by atoms with E-state index < -0.39 is 5.97 Å². The van der Waals surface area contributed by atoms with Crippen molar-refractivity contribution in [2.45, 2.75) is 99.8 Å². The number of carbonyl (C=O) groups is 4. The number of rotatable bonds is 12. The maximum absolute atomic E-state index is 12.9. The van der Waals surface area contributed by atoms with Gasteiger partial charge in [0.25, 0.3) is 0 Å². The van der Waals surface area contributed by atoms with Crippen molar-refractivity contribution in [1.82, 2.24) is 0 Å². The molecule has 9 heteroatoms. The molecule has 9 nitrogen and oxygen atoms in total. The van der Waals surface area contributed by atoms with Crippen molar-refractivity contribution in [3.8, 4) is 5.75 Å². The molecule has 2 fully saturated rings. The largest absolute Gasteiger partial charge is 0.496 e. The third-order valence-electron chi connectivity index (χ3n) is 10.7. The molecule has 2 aliphatic rings. The first-order chi connectivity index (χ1) is 24.3. The summed E-state index contributed by atoms with van der Waals surface area (Å²) in [6, 6.07) is 12.0. The minimum Gasteiger partial charge on any atom is -0.496 e. The van der Waals surface area contributed by atoms with Crippen LogP contribution in [0.25, 0.3) is 0 Å². The SMILES string of the molecule is CCCCOC(=O)c1ccc(NC(=O)[C@@H]2C[C@H](C)CC[C@H]2C(C)C)cc1.COC(=O)c1ccc(NC(=O)[C@@H]2C[C@H](C)CC[C@H]2C(C)C)cc1OC. The highest BCUT2D eigenvalue weighted by Crippen LogP contribution is 2.40. The van der Waals surface area contributed by atoms with Crippen LogP contribution in [0.1, 0.15) is 121 Å². The number of ether oxygens (including phenoxy) is 3. The number of nitrogens with one attached hydrogen (secondary N) is 2. The predicted octanol–water partition coefficient (Wildman–Crippen LogP) is 9.42. The smallest absolute Gasteiger partial charge is 0.341 e. The average Bonchev–Trinajstić information content (AvgIpc) is 3.11. The molecule has 2 aliphatic carbocycles. The molecule has 6 atom stereocenters. The van der Waals surface area contributed by atoms with Crippen LogP contribution in [0.3, 0.4) is 0 Å². The van der Waals surface area contributed by atoms with Crippen LogP contribution in [0.4, 0.5) is 11.4 Å². The second-order valence-electron chi connectivity index (χ2n) is 15.3. The Hall–Kier alpha value is -3.88.